The van der Waals surface area contributed by atoms with Crippen LogP contribution in [0.15, 0.2) is 36.8 Å². The number of nitrogens with one attached hydrogen (secondary N) is 1. The van der Waals surface area contributed by atoms with Gasteiger partial charge in [0, 0.05) is 31.3 Å². The summed E-state index contributed by atoms with van der Waals surface area (Å²) in [5, 5.41) is 6.82. The molecule has 0 radical (unpaired) electrons. The van der Waals surface area contributed by atoms with E-state index in [0.29, 0.717) is 18.7 Å². The molecule has 122 valence electrons. The van der Waals surface area contributed by atoms with Crippen LogP contribution in [0.2, 0.25) is 0 Å². The lowest BCUT2D eigenvalue weighted by Gasteiger charge is -2.46. The number of ether oxygens (including phenoxy) is 1. The van der Waals surface area contributed by atoms with E-state index in [1.165, 1.54) is 0 Å². The van der Waals surface area contributed by atoms with Crippen molar-refractivity contribution in [2.24, 2.45) is 0 Å². The van der Waals surface area contributed by atoms with Crippen LogP contribution < -0.4 is 4.74 Å². The number of Topliss-reactive ketones (excluding diaryl/α,β-unsaturated/α-hetero) is 1. The van der Waals surface area contributed by atoms with Crippen molar-refractivity contribution in [3.8, 4) is 5.88 Å². The van der Waals surface area contributed by atoms with Gasteiger partial charge in [-0.25, -0.2) is 4.98 Å². The average Bonchev–Trinajstić information content (AvgIpc) is 2.98. The highest BCUT2D eigenvalue weighted by Gasteiger charge is 2.51. The molecule has 3 heterocycles. The molecule has 3 aromatic heterocycles. The molecule has 0 atom stereocenters. The van der Waals surface area contributed by atoms with E-state index in [1.807, 2.05) is 31.3 Å². The second-order valence-corrected chi connectivity index (χ2v) is 6.43. The van der Waals surface area contributed by atoms with Crippen LogP contribution in [-0.2, 0) is 10.2 Å². The third kappa shape index (κ3) is 2.26. The van der Waals surface area contributed by atoms with Gasteiger partial charge in [-0.2, -0.15) is 5.10 Å². The van der Waals surface area contributed by atoms with Crippen LogP contribution in [-0.4, -0.2) is 32.1 Å². The van der Waals surface area contributed by atoms with Gasteiger partial charge in [-0.15, -0.1) is 0 Å². The summed E-state index contributed by atoms with van der Waals surface area (Å²) < 4.78 is 5.97. The summed E-state index contributed by atoms with van der Waals surface area (Å²) in [7, 11) is 0. The Morgan fingerprint density at radius 1 is 1.29 bits per heavy atom. The van der Waals surface area contributed by atoms with Gasteiger partial charge in [0.2, 0.25) is 5.88 Å². The SMILES string of the molecule is CC(=O)C1(c2cnccc2C)CC(Oc2ccc3[nH]ncc3n2)C1. The maximum Gasteiger partial charge on any atom is 0.214 e. The molecule has 0 saturated heterocycles. The van der Waals surface area contributed by atoms with Gasteiger partial charge in [0.05, 0.1) is 17.1 Å². The Labute approximate surface area is 139 Å². The van der Waals surface area contributed by atoms with Crippen molar-refractivity contribution >= 4 is 16.8 Å². The fourth-order valence-corrected chi connectivity index (χ4v) is 3.51. The number of rotatable bonds is 4. The number of H-pyrrole nitrogens is 1. The van der Waals surface area contributed by atoms with Crippen LogP contribution >= 0.6 is 0 Å². The van der Waals surface area contributed by atoms with Gasteiger partial charge in [0.25, 0.3) is 0 Å². The Morgan fingerprint density at radius 2 is 2.12 bits per heavy atom. The molecule has 0 amide bonds. The van der Waals surface area contributed by atoms with Crippen LogP contribution in [0, 0.1) is 6.92 Å². The Morgan fingerprint density at radius 3 is 2.88 bits per heavy atom. The number of fused-ring (bicyclic) bond motifs is 1. The van der Waals surface area contributed by atoms with Gasteiger partial charge in [0.15, 0.2) is 0 Å². The van der Waals surface area contributed by atoms with E-state index < -0.39 is 5.41 Å². The highest BCUT2D eigenvalue weighted by atomic mass is 16.5. The summed E-state index contributed by atoms with van der Waals surface area (Å²) in [6, 6.07) is 5.67. The largest absolute Gasteiger partial charge is 0.474 e. The second kappa shape index (κ2) is 5.40. The number of hydrogen-bond donors (Lipinski definition) is 1. The lowest BCUT2D eigenvalue weighted by molar-refractivity contribution is -0.129. The van der Waals surface area contributed by atoms with Crippen molar-refractivity contribution in [1.29, 1.82) is 0 Å². The van der Waals surface area contributed by atoms with Crippen LogP contribution in [0.1, 0.15) is 30.9 Å². The number of aromatic nitrogens is 4. The van der Waals surface area contributed by atoms with E-state index in [1.54, 1.807) is 19.3 Å². The topological polar surface area (TPSA) is 80.8 Å². The Bertz CT molecular complexity index is 912. The van der Waals surface area contributed by atoms with Crippen molar-refractivity contribution in [3.05, 3.63) is 47.9 Å². The first-order chi connectivity index (χ1) is 11.6. The molecule has 0 bridgehead atoms. The first kappa shape index (κ1) is 14.8. The molecule has 1 saturated carbocycles. The standard InChI is InChI=1S/C18H18N4O2/c1-11-5-6-19-9-14(11)18(12(2)23)7-13(8-18)24-17-4-3-15-16(21-17)10-20-22-15/h3-6,9-10,13H,7-8H2,1-2H3,(H,20,22). The highest BCUT2D eigenvalue weighted by molar-refractivity contribution is 5.89. The Balaban J connectivity index is 1.54. The fourth-order valence-electron chi connectivity index (χ4n) is 3.51. The van der Waals surface area contributed by atoms with Gasteiger partial charge in [-0.1, -0.05) is 0 Å². The van der Waals surface area contributed by atoms with E-state index in [9.17, 15) is 4.79 Å². The molecule has 0 aromatic carbocycles. The summed E-state index contributed by atoms with van der Waals surface area (Å²) in [5.74, 6) is 0.727. The molecule has 0 spiro atoms. The summed E-state index contributed by atoms with van der Waals surface area (Å²) in [5.41, 5.74) is 3.27. The molecule has 0 aliphatic heterocycles. The normalized spacial score (nSPS) is 23.0. The van der Waals surface area contributed by atoms with Crippen molar-refractivity contribution < 1.29 is 9.53 Å². The first-order valence-corrected chi connectivity index (χ1v) is 7.97. The van der Waals surface area contributed by atoms with Crippen LogP contribution in [0.5, 0.6) is 5.88 Å². The third-order valence-corrected chi connectivity index (χ3v) is 4.94. The van der Waals surface area contributed by atoms with Gasteiger partial charge >= 0.3 is 0 Å². The van der Waals surface area contributed by atoms with E-state index in [4.69, 9.17) is 4.74 Å². The average molecular weight is 322 g/mol. The second-order valence-electron chi connectivity index (χ2n) is 6.43. The quantitative estimate of drug-likeness (QED) is 0.799. The molecule has 4 rings (SSSR count). The molecular formula is C18H18N4O2. The predicted octanol–water partition coefficient (Wildman–Crippen LogP) is 2.73. The molecular weight excluding hydrogens is 304 g/mol. The molecule has 6 heteroatoms. The molecule has 1 aliphatic carbocycles. The molecule has 3 aromatic rings. The third-order valence-electron chi connectivity index (χ3n) is 4.94. The van der Waals surface area contributed by atoms with Crippen LogP contribution in [0.4, 0.5) is 0 Å². The lowest BCUT2D eigenvalue weighted by Crippen LogP contribution is -2.52. The monoisotopic (exact) mass is 322 g/mol. The Kier molecular flexibility index (Phi) is 3.33. The summed E-state index contributed by atoms with van der Waals surface area (Å²) in [6.45, 7) is 3.67. The van der Waals surface area contributed by atoms with Crippen LogP contribution in [0.3, 0.4) is 0 Å². The number of hydrogen-bond acceptors (Lipinski definition) is 5. The highest BCUT2D eigenvalue weighted by Crippen LogP contribution is 2.47. The minimum Gasteiger partial charge on any atom is -0.474 e. The number of pyridine rings is 2. The van der Waals surface area contributed by atoms with Gasteiger partial charge in [-0.3, -0.25) is 14.9 Å². The molecule has 6 nitrogen and oxygen atoms in total. The molecule has 1 aliphatic rings. The lowest BCUT2D eigenvalue weighted by atomic mass is 9.60. The molecule has 0 unspecified atom stereocenters. The summed E-state index contributed by atoms with van der Waals surface area (Å²) in [6.07, 6.45) is 6.51. The van der Waals surface area contributed by atoms with Crippen LogP contribution in [0.25, 0.3) is 11.0 Å². The first-order valence-electron chi connectivity index (χ1n) is 7.97. The number of carbonyl (C=O) groups excluding carboxylic acids is 1. The minimum absolute atomic E-state index is 0.0228. The molecule has 1 N–H and O–H groups in total. The van der Waals surface area contributed by atoms with Crippen molar-refractivity contribution in [3.63, 3.8) is 0 Å². The maximum atomic E-state index is 12.3. The fraction of sp³-hybridized carbons (Fsp3) is 0.333. The van der Waals surface area contributed by atoms with E-state index in [2.05, 4.69) is 20.2 Å². The number of ketones is 1. The van der Waals surface area contributed by atoms with E-state index >= 15 is 0 Å². The van der Waals surface area contributed by atoms with Crippen molar-refractivity contribution in [2.45, 2.75) is 38.2 Å². The van der Waals surface area contributed by atoms with Gasteiger partial charge < -0.3 is 4.74 Å². The van der Waals surface area contributed by atoms with E-state index in [-0.39, 0.29) is 11.9 Å². The zero-order chi connectivity index (χ0) is 16.7. The molecule has 24 heavy (non-hydrogen) atoms. The smallest absolute Gasteiger partial charge is 0.214 e. The van der Waals surface area contributed by atoms with E-state index in [0.717, 1.165) is 22.2 Å². The minimum atomic E-state index is -0.483. The summed E-state index contributed by atoms with van der Waals surface area (Å²) in [4.78, 5) is 21.0. The number of carbonyl (C=O) groups is 1. The molecule has 1 fully saturated rings. The predicted molar refractivity (Wildman–Crippen MR) is 88.9 cm³/mol. The number of aryl methyl sites for hydroxylation is 1. The van der Waals surface area contributed by atoms with Crippen molar-refractivity contribution in [2.75, 3.05) is 0 Å². The van der Waals surface area contributed by atoms with Gasteiger partial charge in [0.1, 0.15) is 17.4 Å². The number of aromatic amines is 1. The van der Waals surface area contributed by atoms with Crippen molar-refractivity contribution in [1.82, 2.24) is 20.2 Å². The zero-order valence-corrected chi connectivity index (χ0v) is 13.6. The maximum absolute atomic E-state index is 12.3. The summed E-state index contributed by atoms with van der Waals surface area (Å²) >= 11 is 0. The zero-order valence-electron chi connectivity index (χ0n) is 13.6. The number of nitrogens with zero attached hydrogens (tertiary/aromatic N) is 3. The Hall–Kier alpha value is -2.76. The van der Waals surface area contributed by atoms with Gasteiger partial charge in [-0.05, 0) is 37.1 Å².